The molecule has 0 saturated carbocycles. The molecule has 0 aromatic carbocycles. The lowest BCUT2D eigenvalue weighted by atomic mass is 10.2. The van der Waals surface area contributed by atoms with Gasteiger partial charge in [-0.15, -0.1) is 0 Å². The summed E-state index contributed by atoms with van der Waals surface area (Å²) in [6.45, 7) is 1.87. The average Bonchev–Trinajstić information content (AvgIpc) is 2.27. The maximum atomic E-state index is 12.3. The second-order valence-corrected chi connectivity index (χ2v) is 3.94. The van der Waals surface area contributed by atoms with E-state index in [4.69, 9.17) is 4.74 Å². The Morgan fingerprint density at radius 3 is 2.58 bits per heavy atom. The van der Waals surface area contributed by atoms with Gasteiger partial charge in [-0.1, -0.05) is 0 Å². The number of H-pyrrole nitrogens is 1. The molecule has 0 radical (unpaired) electrons. The zero-order valence-electron chi connectivity index (χ0n) is 10.3. The Morgan fingerprint density at radius 1 is 1.47 bits per heavy atom. The standard InChI is InChI=1S/C11H13F3N2O3/c1-6(5-19-2)15-9(17)7-3-4-8(11(12,13)14)16-10(7)18/h3-4,6H,5H2,1-2H3,(H,15,17)(H,16,18)/t6-/m0/s1. The Balaban J connectivity index is 2.91. The van der Waals surface area contributed by atoms with Crippen LogP contribution in [0, 0.1) is 0 Å². The van der Waals surface area contributed by atoms with Gasteiger partial charge in [-0.2, -0.15) is 13.2 Å². The lowest BCUT2D eigenvalue weighted by Gasteiger charge is -2.12. The summed E-state index contributed by atoms with van der Waals surface area (Å²) in [5, 5.41) is 2.43. The van der Waals surface area contributed by atoms with Gasteiger partial charge in [0.15, 0.2) is 0 Å². The smallest absolute Gasteiger partial charge is 0.383 e. The van der Waals surface area contributed by atoms with E-state index in [2.05, 4.69) is 5.32 Å². The molecule has 0 aliphatic heterocycles. The summed E-state index contributed by atoms with van der Waals surface area (Å²) in [7, 11) is 1.44. The van der Waals surface area contributed by atoms with Crippen molar-refractivity contribution in [1.29, 1.82) is 0 Å². The van der Waals surface area contributed by atoms with Crippen molar-refractivity contribution >= 4 is 5.91 Å². The van der Waals surface area contributed by atoms with Crippen LogP contribution in [0.5, 0.6) is 0 Å². The van der Waals surface area contributed by atoms with E-state index < -0.39 is 23.3 Å². The Labute approximate surface area is 106 Å². The summed E-state index contributed by atoms with van der Waals surface area (Å²) < 4.78 is 41.8. The van der Waals surface area contributed by atoms with Crippen molar-refractivity contribution in [3.8, 4) is 0 Å². The molecule has 1 heterocycles. The molecule has 1 rings (SSSR count). The number of aromatic nitrogens is 1. The van der Waals surface area contributed by atoms with Crippen LogP contribution in [0.2, 0.25) is 0 Å². The van der Waals surface area contributed by atoms with E-state index in [0.29, 0.717) is 6.07 Å². The molecule has 0 aliphatic carbocycles. The lowest BCUT2D eigenvalue weighted by Crippen LogP contribution is -2.38. The van der Waals surface area contributed by atoms with Gasteiger partial charge in [0, 0.05) is 13.2 Å². The molecule has 0 saturated heterocycles. The first-order chi connectivity index (χ1) is 8.75. The number of aromatic amines is 1. The van der Waals surface area contributed by atoms with Gasteiger partial charge in [0.2, 0.25) is 0 Å². The predicted octanol–water partition coefficient (Wildman–Crippen LogP) is 1.16. The van der Waals surface area contributed by atoms with Crippen LogP contribution in [-0.4, -0.2) is 30.6 Å². The number of hydrogen-bond donors (Lipinski definition) is 2. The molecule has 1 atom stereocenters. The molecule has 1 aromatic rings. The zero-order chi connectivity index (χ0) is 14.6. The Morgan fingerprint density at radius 2 is 2.11 bits per heavy atom. The normalized spacial score (nSPS) is 13.1. The number of methoxy groups -OCH3 is 1. The lowest BCUT2D eigenvalue weighted by molar-refractivity contribution is -0.141. The molecule has 0 unspecified atom stereocenters. The number of ether oxygens (including phenoxy) is 1. The first-order valence-corrected chi connectivity index (χ1v) is 5.36. The molecule has 19 heavy (non-hydrogen) atoms. The minimum atomic E-state index is -4.66. The third kappa shape index (κ3) is 4.09. The topological polar surface area (TPSA) is 71.2 Å². The fourth-order valence-corrected chi connectivity index (χ4v) is 1.41. The van der Waals surface area contributed by atoms with Crippen LogP contribution >= 0.6 is 0 Å². The Kier molecular flexibility index (Phi) is 4.71. The van der Waals surface area contributed by atoms with Crippen LogP contribution in [0.1, 0.15) is 23.0 Å². The number of pyridine rings is 1. The van der Waals surface area contributed by atoms with Crippen LogP contribution in [0.15, 0.2) is 16.9 Å². The second-order valence-electron chi connectivity index (χ2n) is 3.94. The van der Waals surface area contributed by atoms with Gasteiger partial charge in [-0.25, -0.2) is 0 Å². The third-order valence-corrected chi connectivity index (χ3v) is 2.25. The first kappa shape index (κ1) is 15.2. The highest BCUT2D eigenvalue weighted by Crippen LogP contribution is 2.26. The molecule has 1 amide bonds. The molecular formula is C11H13F3N2O3. The van der Waals surface area contributed by atoms with Gasteiger partial charge >= 0.3 is 6.18 Å². The number of hydrogen-bond acceptors (Lipinski definition) is 3. The largest absolute Gasteiger partial charge is 0.431 e. The number of halogens is 3. The SMILES string of the molecule is COC[C@H](C)NC(=O)c1ccc(C(F)(F)F)[nH]c1=O. The average molecular weight is 278 g/mol. The molecule has 106 valence electrons. The van der Waals surface area contributed by atoms with Crippen molar-refractivity contribution < 1.29 is 22.7 Å². The van der Waals surface area contributed by atoms with Crippen molar-refractivity contribution in [2.75, 3.05) is 13.7 Å². The highest BCUT2D eigenvalue weighted by molar-refractivity contribution is 5.93. The zero-order valence-corrected chi connectivity index (χ0v) is 10.3. The molecule has 0 spiro atoms. The summed E-state index contributed by atoms with van der Waals surface area (Å²) in [4.78, 5) is 24.7. The van der Waals surface area contributed by atoms with E-state index in [1.807, 2.05) is 0 Å². The van der Waals surface area contributed by atoms with E-state index in [1.54, 1.807) is 11.9 Å². The van der Waals surface area contributed by atoms with E-state index in [0.717, 1.165) is 6.07 Å². The number of carbonyl (C=O) groups is 1. The minimum Gasteiger partial charge on any atom is -0.383 e. The molecule has 2 N–H and O–H groups in total. The number of carbonyl (C=O) groups excluding carboxylic acids is 1. The molecule has 5 nitrogen and oxygen atoms in total. The van der Waals surface area contributed by atoms with Crippen molar-refractivity contribution in [2.24, 2.45) is 0 Å². The third-order valence-electron chi connectivity index (χ3n) is 2.25. The summed E-state index contributed by atoms with van der Waals surface area (Å²) in [5.41, 5.74) is -2.66. The molecule has 1 aromatic heterocycles. The Hall–Kier alpha value is -1.83. The number of amides is 1. The highest BCUT2D eigenvalue weighted by Gasteiger charge is 2.32. The van der Waals surface area contributed by atoms with Crippen LogP contribution in [0.3, 0.4) is 0 Å². The molecular weight excluding hydrogens is 265 g/mol. The number of rotatable bonds is 4. The fourth-order valence-electron chi connectivity index (χ4n) is 1.41. The monoisotopic (exact) mass is 278 g/mol. The van der Waals surface area contributed by atoms with E-state index >= 15 is 0 Å². The summed E-state index contributed by atoms with van der Waals surface area (Å²) in [6, 6.07) is 1.13. The molecule has 0 bridgehead atoms. The van der Waals surface area contributed by atoms with Gasteiger partial charge in [0.1, 0.15) is 11.3 Å². The highest BCUT2D eigenvalue weighted by atomic mass is 19.4. The van der Waals surface area contributed by atoms with Gasteiger partial charge in [-0.3, -0.25) is 9.59 Å². The minimum absolute atomic E-state index is 0.226. The summed E-state index contributed by atoms with van der Waals surface area (Å²) >= 11 is 0. The fraction of sp³-hybridized carbons (Fsp3) is 0.455. The molecule has 0 aliphatic rings. The van der Waals surface area contributed by atoms with Crippen LogP contribution in [-0.2, 0) is 10.9 Å². The summed E-state index contributed by atoms with van der Waals surface area (Å²) in [6.07, 6.45) is -4.66. The van der Waals surface area contributed by atoms with Crippen molar-refractivity contribution in [3.05, 3.63) is 33.7 Å². The second kappa shape index (κ2) is 5.87. The van der Waals surface area contributed by atoms with Crippen molar-refractivity contribution in [2.45, 2.75) is 19.1 Å². The van der Waals surface area contributed by atoms with E-state index in [-0.39, 0.29) is 18.2 Å². The van der Waals surface area contributed by atoms with Gasteiger partial charge in [0.25, 0.3) is 11.5 Å². The van der Waals surface area contributed by atoms with Crippen molar-refractivity contribution in [1.82, 2.24) is 10.3 Å². The van der Waals surface area contributed by atoms with Gasteiger partial charge in [-0.05, 0) is 19.1 Å². The van der Waals surface area contributed by atoms with Gasteiger partial charge < -0.3 is 15.0 Å². The van der Waals surface area contributed by atoms with Gasteiger partial charge in [0.05, 0.1) is 6.61 Å². The first-order valence-electron chi connectivity index (χ1n) is 5.36. The maximum Gasteiger partial charge on any atom is 0.431 e. The van der Waals surface area contributed by atoms with Crippen LogP contribution in [0.25, 0.3) is 0 Å². The van der Waals surface area contributed by atoms with E-state index in [1.165, 1.54) is 7.11 Å². The quantitative estimate of drug-likeness (QED) is 0.868. The maximum absolute atomic E-state index is 12.3. The number of nitrogens with one attached hydrogen (secondary N) is 2. The van der Waals surface area contributed by atoms with E-state index in [9.17, 15) is 22.8 Å². The Bertz CT molecular complexity index is 511. The molecule has 0 fully saturated rings. The van der Waals surface area contributed by atoms with Crippen LogP contribution < -0.4 is 10.9 Å². The van der Waals surface area contributed by atoms with Crippen molar-refractivity contribution in [3.63, 3.8) is 0 Å². The predicted molar refractivity (Wildman–Crippen MR) is 60.9 cm³/mol. The van der Waals surface area contributed by atoms with Crippen LogP contribution in [0.4, 0.5) is 13.2 Å². The molecule has 8 heteroatoms. The summed E-state index contributed by atoms with van der Waals surface area (Å²) in [5.74, 6) is -0.750. The number of alkyl halides is 3.